The molecule has 26 heavy (non-hydrogen) atoms. The van der Waals surface area contributed by atoms with Crippen LogP contribution < -0.4 is 14.8 Å². The molecule has 3 aliphatic rings. The number of nitrogens with one attached hydrogen (secondary N) is 1. The van der Waals surface area contributed by atoms with Gasteiger partial charge in [-0.1, -0.05) is 0 Å². The van der Waals surface area contributed by atoms with Crippen LogP contribution in [0.1, 0.15) is 36.9 Å². The number of likely N-dealkylation sites (tertiary alicyclic amines) is 1. The monoisotopic (exact) mass is 380 g/mol. The maximum absolute atomic E-state index is 12.6. The van der Waals surface area contributed by atoms with E-state index in [2.05, 4.69) is 5.32 Å². The van der Waals surface area contributed by atoms with Gasteiger partial charge in [-0.2, -0.15) is 0 Å². The highest BCUT2D eigenvalue weighted by Crippen LogP contribution is 2.49. The van der Waals surface area contributed by atoms with Crippen molar-refractivity contribution in [2.75, 3.05) is 26.3 Å². The van der Waals surface area contributed by atoms with E-state index >= 15 is 0 Å². The number of hydrogen-bond donors (Lipinski definition) is 1. The second-order valence-corrected chi connectivity index (χ2v) is 8.90. The Morgan fingerprint density at radius 1 is 1.35 bits per heavy atom. The van der Waals surface area contributed by atoms with Gasteiger partial charge in [0.1, 0.15) is 23.7 Å². The number of nitrogens with zero attached hydrogens (tertiary/aromatic N) is 1. The molecule has 1 aromatic heterocycles. The second-order valence-electron chi connectivity index (χ2n) is 8.02. The Kier molecular flexibility index (Phi) is 4.25. The standard InChI is InChI=1S/C18H24N2O5S/c1-18(2,3)25-17(22)20-8-10-6-11(10)12(20)7-19-16(21)15-14-13(9-26-15)23-4-5-24-14/h9-12H,4-8H2,1-3H3,(H,19,21). The van der Waals surface area contributed by atoms with Crippen LogP contribution in [0.4, 0.5) is 4.79 Å². The molecule has 3 atom stereocenters. The maximum Gasteiger partial charge on any atom is 0.410 e. The summed E-state index contributed by atoms with van der Waals surface area (Å²) in [6.07, 6.45) is 0.819. The predicted molar refractivity (Wildman–Crippen MR) is 96.0 cm³/mol. The van der Waals surface area contributed by atoms with E-state index in [9.17, 15) is 9.59 Å². The van der Waals surface area contributed by atoms with Crippen molar-refractivity contribution in [2.24, 2.45) is 11.8 Å². The largest absolute Gasteiger partial charge is 0.485 e. The van der Waals surface area contributed by atoms with Crippen LogP contribution in [0, 0.1) is 11.8 Å². The molecule has 0 spiro atoms. The first-order chi connectivity index (χ1) is 12.3. The summed E-state index contributed by atoms with van der Waals surface area (Å²) in [7, 11) is 0. The molecule has 142 valence electrons. The van der Waals surface area contributed by atoms with Gasteiger partial charge in [0.2, 0.25) is 0 Å². The van der Waals surface area contributed by atoms with Gasteiger partial charge in [0, 0.05) is 18.5 Å². The van der Waals surface area contributed by atoms with E-state index in [1.807, 2.05) is 20.8 Å². The highest BCUT2D eigenvalue weighted by Gasteiger charge is 2.54. The fourth-order valence-corrected chi connectivity index (χ4v) is 4.51. The first kappa shape index (κ1) is 17.5. The van der Waals surface area contributed by atoms with Crippen LogP contribution in [-0.4, -0.2) is 54.8 Å². The molecule has 1 aromatic rings. The van der Waals surface area contributed by atoms with Gasteiger partial charge in [-0.15, -0.1) is 11.3 Å². The van der Waals surface area contributed by atoms with Gasteiger partial charge in [0.05, 0.1) is 6.04 Å². The number of hydrogen-bond acceptors (Lipinski definition) is 6. The fourth-order valence-electron chi connectivity index (χ4n) is 3.66. The van der Waals surface area contributed by atoms with Gasteiger partial charge in [-0.05, 0) is 39.0 Å². The number of fused-ring (bicyclic) bond motifs is 2. The van der Waals surface area contributed by atoms with Crippen molar-refractivity contribution in [3.63, 3.8) is 0 Å². The summed E-state index contributed by atoms with van der Waals surface area (Å²) in [6.45, 7) is 7.67. The Labute approximate surface area is 156 Å². The van der Waals surface area contributed by atoms with Gasteiger partial charge < -0.3 is 24.4 Å². The minimum Gasteiger partial charge on any atom is -0.485 e. The lowest BCUT2D eigenvalue weighted by molar-refractivity contribution is 0.0192. The second kappa shape index (κ2) is 6.33. The summed E-state index contributed by atoms with van der Waals surface area (Å²) < 4.78 is 16.6. The molecule has 1 N–H and O–H groups in total. The van der Waals surface area contributed by atoms with Crippen molar-refractivity contribution in [2.45, 2.75) is 38.8 Å². The molecular weight excluding hydrogens is 356 g/mol. The molecule has 1 saturated heterocycles. The molecule has 1 aliphatic carbocycles. The molecule has 7 nitrogen and oxygen atoms in total. The average molecular weight is 380 g/mol. The summed E-state index contributed by atoms with van der Waals surface area (Å²) >= 11 is 1.31. The Morgan fingerprint density at radius 3 is 2.88 bits per heavy atom. The Hall–Kier alpha value is -1.96. The van der Waals surface area contributed by atoms with E-state index in [4.69, 9.17) is 14.2 Å². The summed E-state index contributed by atoms with van der Waals surface area (Å²) in [5.74, 6) is 1.97. The third kappa shape index (κ3) is 3.34. The van der Waals surface area contributed by atoms with Crippen molar-refractivity contribution >= 4 is 23.3 Å². The van der Waals surface area contributed by atoms with Crippen LogP contribution in [-0.2, 0) is 4.74 Å². The van der Waals surface area contributed by atoms with E-state index in [1.165, 1.54) is 11.3 Å². The molecule has 3 unspecified atom stereocenters. The van der Waals surface area contributed by atoms with Crippen molar-refractivity contribution in [1.29, 1.82) is 0 Å². The number of amides is 2. The Morgan fingerprint density at radius 2 is 2.12 bits per heavy atom. The van der Waals surface area contributed by atoms with Crippen molar-refractivity contribution in [3.8, 4) is 11.5 Å². The normalized spacial score (nSPS) is 26.3. The molecule has 8 heteroatoms. The van der Waals surface area contributed by atoms with E-state index in [0.717, 1.165) is 6.42 Å². The minimum absolute atomic E-state index is 0.00763. The summed E-state index contributed by atoms with van der Waals surface area (Å²) in [5.41, 5.74) is -0.523. The van der Waals surface area contributed by atoms with Gasteiger partial charge in [0.15, 0.2) is 11.5 Å². The summed E-state index contributed by atoms with van der Waals surface area (Å²) in [6, 6.07) is -0.00763. The van der Waals surface area contributed by atoms with Crippen LogP contribution >= 0.6 is 11.3 Å². The van der Waals surface area contributed by atoms with Crippen LogP contribution in [0.25, 0.3) is 0 Å². The molecule has 2 fully saturated rings. The first-order valence-corrected chi connectivity index (χ1v) is 9.86. The number of carbonyl (C=O) groups is 2. The van der Waals surface area contributed by atoms with Gasteiger partial charge in [-0.3, -0.25) is 4.79 Å². The molecular formula is C18H24N2O5S. The van der Waals surface area contributed by atoms with Gasteiger partial charge in [-0.25, -0.2) is 4.79 Å². The lowest BCUT2D eigenvalue weighted by Gasteiger charge is -2.30. The maximum atomic E-state index is 12.6. The SMILES string of the molecule is CC(C)(C)OC(=O)N1CC2CC2C1CNC(=O)c1scc2c1OCCO2. The lowest BCUT2D eigenvalue weighted by atomic mass is 10.2. The summed E-state index contributed by atoms with van der Waals surface area (Å²) in [4.78, 5) is 27.3. The third-order valence-electron chi connectivity index (χ3n) is 4.91. The Bertz CT molecular complexity index is 726. The van der Waals surface area contributed by atoms with E-state index < -0.39 is 5.60 Å². The van der Waals surface area contributed by atoms with Crippen molar-refractivity contribution in [1.82, 2.24) is 10.2 Å². The first-order valence-electron chi connectivity index (χ1n) is 8.98. The zero-order valence-corrected chi connectivity index (χ0v) is 16.1. The molecule has 0 aromatic carbocycles. The Balaban J connectivity index is 1.39. The van der Waals surface area contributed by atoms with Crippen molar-refractivity contribution in [3.05, 3.63) is 10.3 Å². The van der Waals surface area contributed by atoms with Crippen LogP contribution in [0.5, 0.6) is 11.5 Å². The highest BCUT2D eigenvalue weighted by molar-refractivity contribution is 7.12. The van der Waals surface area contributed by atoms with Crippen LogP contribution in [0.15, 0.2) is 5.38 Å². The number of ether oxygens (including phenoxy) is 3. The summed E-state index contributed by atoms with van der Waals surface area (Å²) in [5, 5.41) is 4.76. The number of carbonyl (C=O) groups excluding carboxylic acids is 2. The number of piperidine rings is 1. The zero-order valence-electron chi connectivity index (χ0n) is 15.2. The van der Waals surface area contributed by atoms with E-state index in [0.29, 0.717) is 54.5 Å². The molecule has 1 saturated carbocycles. The molecule has 4 rings (SSSR count). The van der Waals surface area contributed by atoms with E-state index in [-0.39, 0.29) is 18.0 Å². The molecule has 3 heterocycles. The van der Waals surface area contributed by atoms with Crippen molar-refractivity contribution < 1.29 is 23.8 Å². The topological polar surface area (TPSA) is 77.1 Å². The van der Waals surface area contributed by atoms with Gasteiger partial charge in [0.25, 0.3) is 5.91 Å². The number of thiophene rings is 1. The molecule has 0 radical (unpaired) electrons. The minimum atomic E-state index is -0.523. The molecule has 2 amide bonds. The average Bonchev–Trinajstić information content (AvgIpc) is 3.06. The lowest BCUT2D eigenvalue weighted by Crippen LogP contribution is -2.47. The molecule has 2 aliphatic heterocycles. The zero-order chi connectivity index (χ0) is 18.5. The smallest absolute Gasteiger partial charge is 0.410 e. The van der Waals surface area contributed by atoms with Crippen LogP contribution in [0.3, 0.4) is 0 Å². The predicted octanol–water partition coefficient (Wildman–Crippen LogP) is 2.50. The fraction of sp³-hybridized carbons (Fsp3) is 0.667. The van der Waals surface area contributed by atoms with Crippen LogP contribution in [0.2, 0.25) is 0 Å². The van der Waals surface area contributed by atoms with E-state index in [1.54, 1.807) is 10.3 Å². The van der Waals surface area contributed by atoms with Gasteiger partial charge >= 0.3 is 6.09 Å². The highest BCUT2D eigenvalue weighted by atomic mass is 32.1. The third-order valence-corrected chi connectivity index (χ3v) is 5.85. The molecule has 0 bridgehead atoms. The number of rotatable bonds is 3. The quantitative estimate of drug-likeness (QED) is 0.872.